The van der Waals surface area contributed by atoms with Crippen LogP contribution in [0, 0.1) is 5.82 Å². The van der Waals surface area contributed by atoms with Crippen LogP contribution in [0.25, 0.3) is 0 Å². The average molecular weight is 455 g/mol. The standard InChI is InChI=1S/C22H31FN2O5S/c1-13(24-20(28)30-22(5,6)7)17(26)25-16(19(27)29-21(2,3)4)12-31-18(25)14-10-8-9-11-15(14)23/h8-11,13,16,18H,12H2,1-7H3,(H,24,28)/t13-,16-,18+/m0/s1. The van der Waals surface area contributed by atoms with Gasteiger partial charge in [0.25, 0.3) is 0 Å². The molecule has 2 rings (SSSR count). The predicted octanol–water partition coefficient (Wildman–Crippen LogP) is 4.02. The van der Waals surface area contributed by atoms with E-state index in [9.17, 15) is 18.8 Å². The fourth-order valence-electron chi connectivity index (χ4n) is 3.01. The molecule has 1 fully saturated rings. The largest absolute Gasteiger partial charge is 0.458 e. The Morgan fingerprint density at radius 3 is 2.23 bits per heavy atom. The van der Waals surface area contributed by atoms with Crippen molar-refractivity contribution < 1.29 is 28.2 Å². The summed E-state index contributed by atoms with van der Waals surface area (Å²) in [6, 6.07) is 4.21. The summed E-state index contributed by atoms with van der Waals surface area (Å²) in [5, 5.41) is 1.77. The van der Waals surface area contributed by atoms with E-state index < -0.39 is 52.4 Å². The number of nitrogens with one attached hydrogen (secondary N) is 1. The first-order chi connectivity index (χ1) is 14.2. The number of rotatable bonds is 4. The Morgan fingerprint density at radius 2 is 1.68 bits per heavy atom. The monoisotopic (exact) mass is 454 g/mol. The van der Waals surface area contributed by atoms with E-state index in [4.69, 9.17) is 9.47 Å². The number of carbonyl (C=O) groups is 3. The van der Waals surface area contributed by atoms with Crippen molar-refractivity contribution in [1.29, 1.82) is 0 Å². The number of ether oxygens (including phenoxy) is 2. The van der Waals surface area contributed by atoms with Crippen molar-refractivity contribution >= 4 is 29.7 Å². The molecular formula is C22H31FN2O5S. The molecule has 0 saturated carbocycles. The van der Waals surface area contributed by atoms with Crippen LogP contribution >= 0.6 is 11.8 Å². The van der Waals surface area contributed by atoms with Gasteiger partial charge in [-0.05, 0) is 54.5 Å². The first-order valence-corrected chi connectivity index (χ1v) is 11.1. The van der Waals surface area contributed by atoms with Gasteiger partial charge in [-0.3, -0.25) is 4.79 Å². The number of benzene rings is 1. The smallest absolute Gasteiger partial charge is 0.408 e. The molecule has 172 valence electrons. The summed E-state index contributed by atoms with van der Waals surface area (Å²) < 4.78 is 25.2. The lowest BCUT2D eigenvalue weighted by atomic mass is 10.1. The zero-order valence-electron chi connectivity index (χ0n) is 19.0. The van der Waals surface area contributed by atoms with Gasteiger partial charge in [-0.1, -0.05) is 18.2 Å². The SMILES string of the molecule is C[C@H](NC(=O)OC(C)(C)C)C(=O)N1[C@@H](c2ccccc2F)SC[C@H]1C(=O)OC(C)(C)C. The third-order valence-corrected chi connectivity index (χ3v) is 5.51. The maximum absolute atomic E-state index is 14.5. The molecule has 0 spiro atoms. The number of hydrogen-bond donors (Lipinski definition) is 1. The molecule has 0 aliphatic carbocycles. The summed E-state index contributed by atoms with van der Waals surface area (Å²) in [4.78, 5) is 39.6. The van der Waals surface area contributed by atoms with Crippen LogP contribution in [0.5, 0.6) is 0 Å². The quantitative estimate of drug-likeness (QED) is 0.692. The van der Waals surface area contributed by atoms with Crippen molar-refractivity contribution in [2.24, 2.45) is 0 Å². The zero-order chi connectivity index (χ0) is 23.6. The fourth-order valence-corrected chi connectivity index (χ4v) is 4.45. The molecular weight excluding hydrogens is 423 g/mol. The van der Waals surface area contributed by atoms with E-state index in [0.717, 1.165) is 0 Å². The molecule has 1 aromatic carbocycles. The van der Waals surface area contributed by atoms with Gasteiger partial charge in [-0.15, -0.1) is 11.8 Å². The summed E-state index contributed by atoms with van der Waals surface area (Å²) in [6.07, 6.45) is -0.753. The van der Waals surface area contributed by atoms with Gasteiger partial charge in [0.1, 0.15) is 34.5 Å². The molecule has 0 radical (unpaired) electrons. The minimum absolute atomic E-state index is 0.249. The second kappa shape index (κ2) is 9.46. The number of esters is 1. The van der Waals surface area contributed by atoms with Crippen molar-refractivity contribution in [3.63, 3.8) is 0 Å². The highest BCUT2D eigenvalue weighted by Gasteiger charge is 2.46. The lowest BCUT2D eigenvalue weighted by Gasteiger charge is -2.32. The van der Waals surface area contributed by atoms with Crippen molar-refractivity contribution in [3.8, 4) is 0 Å². The number of hydrogen-bond acceptors (Lipinski definition) is 6. The lowest BCUT2D eigenvalue weighted by Crippen LogP contribution is -2.53. The molecule has 1 heterocycles. The Balaban J connectivity index is 2.31. The predicted molar refractivity (Wildman–Crippen MR) is 117 cm³/mol. The Kier molecular flexibility index (Phi) is 7.62. The van der Waals surface area contributed by atoms with Gasteiger partial charge in [-0.2, -0.15) is 0 Å². The van der Waals surface area contributed by atoms with Crippen molar-refractivity contribution in [2.45, 2.75) is 77.1 Å². The molecule has 0 bridgehead atoms. The number of nitrogens with zero attached hydrogens (tertiary/aromatic N) is 1. The fraction of sp³-hybridized carbons (Fsp3) is 0.591. The van der Waals surface area contributed by atoms with Crippen LogP contribution in [0.4, 0.5) is 9.18 Å². The lowest BCUT2D eigenvalue weighted by molar-refractivity contribution is -0.164. The molecule has 31 heavy (non-hydrogen) atoms. The van der Waals surface area contributed by atoms with Gasteiger partial charge in [-0.25, -0.2) is 14.0 Å². The average Bonchev–Trinajstić information content (AvgIpc) is 3.03. The minimum atomic E-state index is -0.993. The van der Waals surface area contributed by atoms with Gasteiger partial charge in [0.15, 0.2) is 0 Å². The Morgan fingerprint density at radius 1 is 1.10 bits per heavy atom. The van der Waals surface area contributed by atoms with Crippen molar-refractivity contribution in [3.05, 3.63) is 35.6 Å². The highest BCUT2D eigenvalue weighted by Crippen LogP contribution is 2.43. The number of halogens is 1. The molecule has 2 amide bonds. The van der Waals surface area contributed by atoms with Crippen molar-refractivity contribution in [1.82, 2.24) is 10.2 Å². The maximum Gasteiger partial charge on any atom is 0.408 e. The number of carbonyl (C=O) groups excluding carboxylic acids is 3. The van der Waals surface area contributed by atoms with Crippen LogP contribution in [0.1, 0.15) is 59.4 Å². The third kappa shape index (κ3) is 6.85. The molecule has 0 unspecified atom stereocenters. The van der Waals surface area contributed by atoms with Crippen molar-refractivity contribution in [2.75, 3.05) is 5.75 Å². The summed E-state index contributed by atoms with van der Waals surface area (Å²) in [5.74, 6) is -1.33. The van der Waals surface area contributed by atoms with Crippen LogP contribution in [-0.2, 0) is 19.1 Å². The first kappa shape index (κ1) is 25.0. The van der Waals surface area contributed by atoms with Crippen LogP contribution < -0.4 is 5.32 Å². The summed E-state index contributed by atoms with van der Waals surface area (Å²) >= 11 is 1.28. The van der Waals surface area contributed by atoms with Gasteiger partial charge in [0.05, 0.1) is 0 Å². The number of alkyl carbamates (subject to hydrolysis) is 1. The topological polar surface area (TPSA) is 84.9 Å². The molecule has 1 N–H and O–H groups in total. The Labute approximate surface area is 187 Å². The normalized spacial score (nSPS) is 20.2. The molecule has 3 atom stereocenters. The minimum Gasteiger partial charge on any atom is -0.458 e. The Hall–Kier alpha value is -2.29. The summed E-state index contributed by atoms with van der Waals surface area (Å²) in [7, 11) is 0. The second-order valence-electron chi connectivity index (χ2n) is 9.37. The van der Waals surface area contributed by atoms with Gasteiger partial charge >= 0.3 is 12.1 Å². The molecule has 1 saturated heterocycles. The van der Waals surface area contributed by atoms with Gasteiger partial charge in [0.2, 0.25) is 5.91 Å². The van der Waals surface area contributed by atoms with E-state index in [2.05, 4.69) is 5.32 Å². The third-order valence-electron chi connectivity index (χ3n) is 4.21. The molecule has 7 nitrogen and oxygen atoms in total. The van der Waals surface area contributed by atoms with Crippen LogP contribution in [0.2, 0.25) is 0 Å². The van der Waals surface area contributed by atoms with Gasteiger partial charge in [0, 0.05) is 11.3 Å². The molecule has 1 aromatic rings. The van der Waals surface area contributed by atoms with Crippen LogP contribution in [0.15, 0.2) is 24.3 Å². The van der Waals surface area contributed by atoms with E-state index in [-0.39, 0.29) is 11.3 Å². The van der Waals surface area contributed by atoms with E-state index in [1.165, 1.54) is 29.7 Å². The van der Waals surface area contributed by atoms with Crippen LogP contribution in [-0.4, -0.2) is 51.9 Å². The van der Waals surface area contributed by atoms with E-state index in [0.29, 0.717) is 0 Å². The molecule has 1 aliphatic rings. The maximum atomic E-state index is 14.5. The molecule has 0 aromatic heterocycles. The van der Waals surface area contributed by atoms with E-state index in [1.54, 1.807) is 59.7 Å². The second-order valence-corrected chi connectivity index (χ2v) is 10.5. The summed E-state index contributed by atoms with van der Waals surface area (Å²) in [5.41, 5.74) is -1.19. The van der Waals surface area contributed by atoms with Gasteiger partial charge < -0.3 is 19.7 Å². The highest BCUT2D eigenvalue weighted by molar-refractivity contribution is 7.99. The van der Waals surface area contributed by atoms with E-state index in [1.807, 2.05) is 0 Å². The first-order valence-electron chi connectivity index (χ1n) is 10.1. The summed E-state index contributed by atoms with van der Waals surface area (Å²) in [6.45, 7) is 11.8. The zero-order valence-corrected chi connectivity index (χ0v) is 19.8. The van der Waals surface area contributed by atoms with E-state index >= 15 is 0 Å². The number of amides is 2. The van der Waals surface area contributed by atoms with Crippen LogP contribution in [0.3, 0.4) is 0 Å². The Bertz CT molecular complexity index is 834. The highest BCUT2D eigenvalue weighted by atomic mass is 32.2. The number of thioether (sulfide) groups is 1. The molecule has 9 heteroatoms. The molecule has 1 aliphatic heterocycles.